The first-order chi connectivity index (χ1) is 12.1. The zero-order valence-electron chi connectivity index (χ0n) is 15.3. The van der Waals surface area contributed by atoms with E-state index in [4.69, 9.17) is 13.3 Å². The molecule has 1 aromatic carbocycles. The monoisotopic (exact) mass is 387 g/mol. The third-order valence-corrected chi connectivity index (χ3v) is 8.02. The van der Waals surface area contributed by atoms with Crippen LogP contribution in [0, 0.1) is 10.1 Å². The first kappa shape index (κ1) is 22.1. The van der Waals surface area contributed by atoms with Gasteiger partial charge in [-0.1, -0.05) is 30.3 Å². The van der Waals surface area contributed by atoms with Crippen LogP contribution in [0.1, 0.15) is 38.0 Å². The fourth-order valence-electron chi connectivity index (χ4n) is 2.57. The molecule has 0 aromatic heterocycles. The number of hydrogen-bond donors (Lipinski definition) is 0. The van der Waals surface area contributed by atoms with Crippen molar-refractivity contribution in [1.82, 2.24) is 0 Å². The van der Waals surface area contributed by atoms with E-state index in [2.05, 4.69) is 0 Å². The first-order valence-corrected chi connectivity index (χ1v) is 11.7. The first-order valence-electron chi connectivity index (χ1n) is 8.77. The van der Waals surface area contributed by atoms with Gasteiger partial charge in [-0.2, -0.15) is 0 Å². The van der Waals surface area contributed by atoms with Crippen molar-refractivity contribution in [2.24, 2.45) is 0 Å². The van der Waals surface area contributed by atoms with Crippen molar-refractivity contribution in [2.45, 2.75) is 38.5 Å². The highest BCUT2D eigenvalue weighted by molar-refractivity contribution is 7.99. The van der Waals surface area contributed by atoms with Gasteiger partial charge >= 0.3 is 8.80 Å². The third kappa shape index (κ3) is 8.33. The number of thioether (sulfide) groups is 1. The molecule has 142 valence electrons. The van der Waals surface area contributed by atoms with E-state index in [1.54, 1.807) is 11.8 Å². The molecule has 0 N–H and O–H groups in total. The van der Waals surface area contributed by atoms with Crippen LogP contribution >= 0.6 is 11.8 Å². The molecule has 25 heavy (non-hydrogen) atoms. The fourth-order valence-corrected chi connectivity index (χ4v) is 6.61. The summed E-state index contributed by atoms with van der Waals surface area (Å²) in [6.45, 7) is 7.44. The van der Waals surface area contributed by atoms with Crippen LogP contribution in [0.2, 0.25) is 6.04 Å². The molecule has 0 aliphatic carbocycles. The predicted molar refractivity (Wildman–Crippen MR) is 104 cm³/mol. The van der Waals surface area contributed by atoms with Crippen LogP contribution in [0.5, 0.6) is 0 Å². The number of benzene rings is 1. The minimum atomic E-state index is -2.63. The molecule has 0 fully saturated rings. The summed E-state index contributed by atoms with van der Waals surface area (Å²) in [5, 5.41) is 10.8. The average Bonchev–Trinajstić information content (AvgIpc) is 2.59. The Morgan fingerprint density at radius 2 is 1.64 bits per heavy atom. The standard InChI is InChI=1S/C17H29NO5SSi/c1-4-21-25(22-5-2,23-6-3)14-10-13-24-17(15-18(19)20)16-11-8-7-9-12-16/h7-9,11-12,17H,4-6,10,13-15H2,1-3H3. The molecule has 0 aliphatic rings. The summed E-state index contributed by atoms with van der Waals surface area (Å²) in [5.74, 6) is 0.801. The molecule has 0 aliphatic heterocycles. The van der Waals surface area contributed by atoms with Crippen molar-refractivity contribution >= 4 is 20.6 Å². The predicted octanol–water partition coefficient (Wildman–Crippen LogP) is 4.18. The van der Waals surface area contributed by atoms with Gasteiger partial charge in [0.25, 0.3) is 0 Å². The smallest absolute Gasteiger partial charge is 0.374 e. The van der Waals surface area contributed by atoms with Crippen molar-refractivity contribution in [3.8, 4) is 0 Å². The van der Waals surface area contributed by atoms with Gasteiger partial charge < -0.3 is 13.3 Å². The summed E-state index contributed by atoms with van der Waals surface area (Å²) < 4.78 is 17.5. The Morgan fingerprint density at radius 3 is 2.12 bits per heavy atom. The highest BCUT2D eigenvalue weighted by atomic mass is 32.2. The number of nitro groups is 1. The lowest BCUT2D eigenvalue weighted by molar-refractivity contribution is -0.479. The minimum absolute atomic E-state index is 0.0698. The fraction of sp³-hybridized carbons (Fsp3) is 0.647. The summed E-state index contributed by atoms with van der Waals surface area (Å²) in [7, 11) is -2.63. The van der Waals surface area contributed by atoms with Crippen molar-refractivity contribution in [1.29, 1.82) is 0 Å². The molecule has 0 radical (unpaired) electrons. The van der Waals surface area contributed by atoms with Crippen LogP contribution in [0.25, 0.3) is 0 Å². The van der Waals surface area contributed by atoms with Crippen molar-refractivity contribution in [3.05, 3.63) is 46.0 Å². The maximum atomic E-state index is 11.0. The molecule has 1 unspecified atom stereocenters. The zero-order valence-corrected chi connectivity index (χ0v) is 17.1. The second kappa shape index (κ2) is 12.4. The molecule has 0 saturated carbocycles. The molecule has 0 spiro atoms. The quantitative estimate of drug-likeness (QED) is 0.206. The molecule has 1 atom stereocenters. The summed E-state index contributed by atoms with van der Waals surface area (Å²) in [4.78, 5) is 10.7. The molecule has 6 nitrogen and oxygen atoms in total. The van der Waals surface area contributed by atoms with E-state index in [0.29, 0.717) is 19.8 Å². The van der Waals surface area contributed by atoms with E-state index in [9.17, 15) is 10.1 Å². The Hall–Kier alpha value is -0.933. The lowest BCUT2D eigenvalue weighted by atomic mass is 10.1. The lowest BCUT2D eigenvalue weighted by Crippen LogP contribution is -2.46. The number of rotatable bonds is 14. The van der Waals surface area contributed by atoms with Gasteiger partial charge in [0.1, 0.15) is 0 Å². The minimum Gasteiger partial charge on any atom is -0.374 e. The van der Waals surface area contributed by atoms with Crippen molar-refractivity contribution in [3.63, 3.8) is 0 Å². The lowest BCUT2D eigenvalue weighted by Gasteiger charge is -2.28. The van der Waals surface area contributed by atoms with E-state index < -0.39 is 8.80 Å². The van der Waals surface area contributed by atoms with Gasteiger partial charge in [-0.3, -0.25) is 10.1 Å². The molecule has 0 amide bonds. The third-order valence-electron chi connectivity index (χ3n) is 3.53. The Morgan fingerprint density at radius 1 is 1.08 bits per heavy atom. The Kier molecular flexibility index (Phi) is 11.0. The zero-order chi connectivity index (χ0) is 18.5. The highest BCUT2D eigenvalue weighted by Crippen LogP contribution is 2.30. The maximum absolute atomic E-state index is 11.0. The molecule has 1 rings (SSSR count). The van der Waals surface area contributed by atoms with Gasteiger partial charge in [0, 0.05) is 30.8 Å². The van der Waals surface area contributed by atoms with Gasteiger partial charge in [0.2, 0.25) is 6.54 Å². The van der Waals surface area contributed by atoms with Crippen molar-refractivity contribution in [2.75, 3.05) is 32.1 Å². The summed E-state index contributed by atoms with van der Waals surface area (Å²) in [6, 6.07) is 10.4. The second-order valence-corrected chi connectivity index (χ2v) is 9.41. The molecular weight excluding hydrogens is 358 g/mol. The molecule has 0 bridgehead atoms. The van der Waals surface area contributed by atoms with Crippen LogP contribution in [-0.2, 0) is 13.3 Å². The summed E-state index contributed by atoms with van der Waals surface area (Å²) in [5.41, 5.74) is 0.993. The highest BCUT2D eigenvalue weighted by Gasteiger charge is 2.39. The molecule has 1 aromatic rings. The van der Waals surface area contributed by atoms with Gasteiger partial charge in [-0.25, -0.2) is 0 Å². The SMILES string of the molecule is CCO[Si](CCCSC(C[N+](=O)[O-])c1ccccc1)(OCC)OCC. The Labute approximate surface area is 155 Å². The van der Waals surface area contributed by atoms with Gasteiger partial charge in [0.15, 0.2) is 0 Å². The van der Waals surface area contributed by atoms with E-state index >= 15 is 0 Å². The topological polar surface area (TPSA) is 70.8 Å². The Balaban J connectivity index is 2.59. The largest absolute Gasteiger partial charge is 0.500 e. The van der Waals surface area contributed by atoms with E-state index in [0.717, 1.165) is 23.8 Å². The summed E-state index contributed by atoms with van der Waals surface area (Å²) in [6.07, 6.45) is 0.845. The van der Waals surface area contributed by atoms with Gasteiger partial charge in [-0.05, 0) is 38.5 Å². The molecule has 0 saturated heterocycles. The van der Waals surface area contributed by atoms with Crippen LogP contribution in [0.15, 0.2) is 30.3 Å². The van der Waals surface area contributed by atoms with Crippen LogP contribution in [-0.4, -0.2) is 45.8 Å². The normalized spacial score (nSPS) is 12.9. The Bertz CT molecular complexity index is 474. The maximum Gasteiger partial charge on any atom is 0.500 e. The van der Waals surface area contributed by atoms with Crippen LogP contribution in [0.3, 0.4) is 0 Å². The van der Waals surface area contributed by atoms with Crippen molar-refractivity contribution < 1.29 is 18.2 Å². The van der Waals surface area contributed by atoms with Crippen LogP contribution < -0.4 is 0 Å². The molecule has 0 heterocycles. The van der Waals surface area contributed by atoms with Gasteiger partial charge in [0.05, 0.1) is 5.25 Å². The van der Waals surface area contributed by atoms with Crippen LogP contribution in [0.4, 0.5) is 0 Å². The second-order valence-electron chi connectivity index (χ2n) is 5.37. The number of hydrogen-bond acceptors (Lipinski definition) is 6. The molecular formula is C17H29NO5SSi. The van der Waals surface area contributed by atoms with E-state index in [-0.39, 0.29) is 16.7 Å². The van der Waals surface area contributed by atoms with Gasteiger partial charge in [-0.15, -0.1) is 11.8 Å². The summed E-state index contributed by atoms with van der Waals surface area (Å²) >= 11 is 1.61. The molecule has 8 heteroatoms. The van der Waals surface area contributed by atoms with E-state index in [1.807, 2.05) is 51.1 Å². The van der Waals surface area contributed by atoms with E-state index in [1.165, 1.54) is 0 Å². The number of nitrogens with zero attached hydrogens (tertiary/aromatic N) is 1. The average molecular weight is 388 g/mol.